The first-order valence-electron chi connectivity index (χ1n) is 7.24. The Morgan fingerprint density at radius 2 is 2.10 bits per heavy atom. The SMILES string of the molecule is CC(CCN)CCC(=O)Cc1nn(C)c2ccccc12. The van der Waals surface area contributed by atoms with Crippen molar-refractivity contribution in [3.05, 3.63) is 30.0 Å². The molecular weight excluding hydrogens is 250 g/mol. The third-order valence-electron chi connectivity index (χ3n) is 3.77. The highest BCUT2D eigenvalue weighted by atomic mass is 16.1. The standard InChI is InChI=1S/C16H23N3O/c1-12(9-10-17)7-8-13(20)11-15-14-5-3-4-6-16(14)19(2)18-15/h3-6,12H,7-11,17H2,1-2H3. The van der Waals surface area contributed by atoms with E-state index in [1.54, 1.807) is 0 Å². The van der Waals surface area contributed by atoms with Crippen LogP contribution in [0.2, 0.25) is 0 Å². The van der Waals surface area contributed by atoms with Crippen molar-refractivity contribution in [1.29, 1.82) is 0 Å². The molecule has 4 nitrogen and oxygen atoms in total. The summed E-state index contributed by atoms with van der Waals surface area (Å²) in [7, 11) is 1.92. The van der Waals surface area contributed by atoms with E-state index in [4.69, 9.17) is 5.73 Å². The molecule has 2 aromatic rings. The normalized spacial score (nSPS) is 12.8. The number of nitrogens with zero attached hydrogens (tertiary/aromatic N) is 2. The molecule has 1 atom stereocenters. The number of Topliss-reactive ketones (excluding diaryl/α,β-unsaturated/α-hetero) is 1. The highest BCUT2D eigenvalue weighted by Gasteiger charge is 2.13. The average Bonchev–Trinajstić information content (AvgIpc) is 2.74. The number of aryl methyl sites for hydroxylation is 1. The maximum absolute atomic E-state index is 12.1. The lowest BCUT2D eigenvalue weighted by Gasteiger charge is -2.08. The molecule has 0 bridgehead atoms. The Kier molecular flexibility index (Phi) is 4.90. The molecule has 2 N–H and O–H groups in total. The zero-order valence-corrected chi connectivity index (χ0v) is 12.3. The summed E-state index contributed by atoms with van der Waals surface area (Å²) < 4.78 is 1.84. The predicted molar refractivity (Wildman–Crippen MR) is 81.5 cm³/mol. The van der Waals surface area contributed by atoms with E-state index in [0.29, 0.717) is 25.3 Å². The fourth-order valence-corrected chi connectivity index (χ4v) is 2.53. The van der Waals surface area contributed by atoms with Gasteiger partial charge in [0.1, 0.15) is 5.78 Å². The van der Waals surface area contributed by atoms with Crippen LogP contribution in [0.1, 0.15) is 31.9 Å². The number of aromatic nitrogens is 2. The van der Waals surface area contributed by atoms with E-state index < -0.39 is 0 Å². The molecule has 0 saturated heterocycles. The minimum atomic E-state index is 0.262. The Hall–Kier alpha value is -1.68. The minimum Gasteiger partial charge on any atom is -0.330 e. The van der Waals surface area contributed by atoms with Gasteiger partial charge in [-0.05, 0) is 31.4 Å². The topological polar surface area (TPSA) is 60.9 Å². The molecule has 0 spiro atoms. The van der Waals surface area contributed by atoms with E-state index in [1.165, 1.54) is 0 Å². The zero-order valence-electron chi connectivity index (χ0n) is 12.3. The molecule has 108 valence electrons. The second-order valence-corrected chi connectivity index (χ2v) is 5.52. The first-order valence-corrected chi connectivity index (χ1v) is 7.24. The van der Waals surface area contributed by atoms with Gasteiger partial charge in [-0.1, -0.05) is 25.1 Å². The lowest BCUT2D eigenvalue weighted by Crippen LogP contribution is -2.09. The van der Waals surface area contributed by atoms with Crippen molar-refractivity contribution in [3.63, 3.8) is 0 Å². The lowest BCUT2D eigenvalue weighted by molar-refractivity contribution is -0.118. The molecule has 4 heteroatoms. The van der Waals surface area contributed by atoms with E-state index in [0.717, 1.165) is 29.4 Å². The fourth-order valence-electron chi connectivity index (χ4n) is 2.53. The summed E-state index contributed by atoms with van der Waals surface area (Å²) in [6.07, 6.45) is 2.95. The van der Waals surface area contributed by atoms with Crippen LogP contribution < -0.4 is 5.73 Å². The van der Waals surface area contributed by atoms with Gasteiger partial charge < -0.3 is 5.73 Å². The van der Waals surface area contributed by atoms with E-state index in [2.05, 4.69) is 12.0 Å². The van der Waals surface area contributed by atoms with Crippen LogP contribution in [0, 0.1) is 5.92 Å². The van der Waals surface area contributed by atoms with Crippen LogP contribution in [0.25, 0.3) is 10.9 Å². The Morgan fingerprint density at radius 3 is 2.85 bits per heavy atom. The number of para-hydroxylation sites is 1. The largest absolute Gasteiger partial charge is 0.330 e. The third kappa shape index (κ3) is 3.45. The molecule has 0 saturated carbocycles. The van der Waals surface area contributed by atoms with Gasteiger partial charge in [-0.2, -0.15) is 5.10 Å². The van der Waals surface area contributed by atoms with Crippen LogP contribution in [-0.4, -0.2) is 22.1 Å². The van der Waals surface area contributed by atoms with Crippen LogP contribution in [-0.2, 0) is 18.3 Å². The molecule has 0 fully saturated rings. The van der Waals surface area contributed by atoms with Crippen LogP contribution in [0.3, 0.4) is 0 Å². The molecular formula is C16H23N3O. The molecule has 0 amide bonds. The van der Waals surface area contributed by atoms with Gasteiger partial charge >= 0.3 is 0 Å². The average molecular weight is 273 g/mol. The van der Waals surface area contributed by atoms with Crippen molar-refractivity contribution in [2.45, 2.75) is 32.6 Å². The van der Waals surface area contributed by atoms with E-state index in [1.807, 2.05) is 36.0 Å². The smallest absolute Gasteiger partial charge is 0.138 e. The van der Waals surface area contributed by atoms with Gasteiger partial charge in [0.15, 0.2) is 0 Å². The van der Waals surface area contributed by atoms with Gasteiger partial charge in [0.05, 0.1) is 17.6 Å². The van der Waals surface area contributed by atoms with Crippen molar-refractivity contribution in [3.8, 4) is 0 Å². The van der Waals surface area contributed by atoms with Crippen LogP contribution in [0.5, 0.6) is 0 Å². The van der Waals surface area contributed by atoms with Crippen molar-refractivity contribution < 1.29 is 4.79 Å². The third-order valence-corrected chi connectivity index (χ3v) is 3.77. The van der Waals surface area contributed by atoms with Crippen molar-refractivity contribution in [1.82, 2.24) is 9.78 Å². The highest BCUT2D eigenvalue weighted by Crippen LogP contribution is 2.19. The number of ketones is 1. The molecule has 0 aliphatic rings. The number of carbonyl (C=O) groups is 1. The molecule has 20 heavy (non-hydrogen) atoms. The molecule has 1 heterocycles. The van der Waals surface area contributed by atoms with Gasteiger partial charge in [0.2, 0.25) is 0 Å². The van der Waals surface area contributed by atoms with Gasteiger partial charge in [-0.15, -0.1) is 0 Å². The second-order valence-electron chi connectivity index (χ2n) is 5.52. The van der Waals surface area contributed by atoms with Crippen molar-refractivity contribution in [2.24, 2.45) is 18.7 Å². The maximum Gasteiger partial charge on any atom is 0.138 e. The van der Waals surface area contributed by atoms with Crippen LogP contribution >= 0.6 is 0 Å². The summed E-state index contributed by atoms with van der Waals surface area (Å²) in [4.78, 5) is 12.1. The van der Waals surface area contributed by atoms with E-state index in [-0.39, 0.29) is 5.78 Å². The molecule has 2 rings (SSSR count). The summed E-state index contributed by atoms with van der Waals surface area (Å²) in [6.45, 7) is 2.84. The Bertz CT molecular complexity index is 588. The summed E-state index contributed by atoms with van der Waals surface area (Å²) >= 11 is 0. The van der Waals surface area contributed by atoms with Gasteiger partial charge in [-0.3, -0.25) is 9.48 Å². The van der Waals surface area contributed by atoms with Gasteiger partial charge in [-0.25, -0.2) is 0 Å². The van der Waals surface area contributed by atoms with Crippen LogP contribution in [0.15, 0.2) is 24.3 Å². The molecule has 1 aromatic heterocycles. The Labute approximate surface area is 120 Å². The fraction of sp³-hybridized carbons (Fsp3) is 0.500. The Balaban J connectivity index is 2.00. The maximum atomic E-state index is 12.1. The number of hydrogen-bond donors (Lipinski definition) is 1. The number of carbonyl (C=O) groups excluding carboxylic acids is 1. The number of nitrogens with two attached hydrogens (primary N) is 1. The quantitative estimate of drug-likeness (QED) is 0.843. The molecule has 0 aliphatic heterocycles. The molecule has 1 unspecified atom stereocenters. The highest BCUT2D eigenvalue weighted by molar-refractivity contribution is 5.88. The van der Waals surface area contributed by atoms with Crippen LogP contribution in [0.4, 0.5) is 0 Å². The molecule has 1 aromatic carbocycles. The van der Waals surface area contributed by atoms with Gasteiger partial charge in [0.25, 0.3) is 0 Å². The summed E-state index contributed by atoms with van der Waals surface area (Å²) in [5, 5.41) is 5.55. The lowest BCUT2D eigenvalue weighted by atomic mass is 9.98. The summed E-state index contributed by atoms with van der Waals surface area (Å²) in [6, 6.07) is 8.03. The number of fused-ring (bicyclic) bond motifs is 1. The number of benzene rings is 1. The Morgan fingerprint density at radius 1 is 1.35 bits per heavy atom. The number of rotatable bonds is 7. The second kappa shape index (κ2) is 6.66. The zero-order chi connectivity index (χ0) is 14.5. The van der Waals surface area contributed by atoms with Gasteiger partial charge in [0, 0.05) is 18.9 Å². The molecule has 0 aliphatic carbocycles. The first-order chi connectivity index (χ1) is 9.61. The van der Waals surface area contributed by atoms with E-state index in [9.17, 15) is 4.79 Å². The van der Waals surface area contributed by atoms with Crippen molar-refractivity contribution in [2.75, 3.05) is 6.54 Å². The van der Waals surface area contributed by atoms with Crippen molar-refractivity contribution >= 4 is 16.7 Å². The molecule has 0 radical (unpaired) electrons. The summed E-state index contributed by atoms with van der Waals surface area (Å²) in [5.41, 5.74) is 7.49. The summed E-state index contributed by atoms with van der Waals surface area (Å²) in [5.74, 6) is 0.780. The predicted octanol–water partition coefficient (Wildman–Crippen LogP) is 2.45. The monoisotopic (exact) mass is 273 g/mol. The number of hydrogen-bond acceptors (Lipinski definition) is 3. The first kappa shape index (κ1) is 14.7. The van der Waals surface area contributed by atoms with E-state index >= 15 is 0 Å². The minimum absolute atomic E-state index is 0.262.